The molecule has 0 radical (unpaired) electrons. The summed E-state index contributed by atoms with van der Waals surface area (Å²) in [5.74, 6) is -0.837. The third-order valence-electron chi connectivity index (χ3n) is 6.04. The Labute approximate surface area is 224 Å². The Morgan fingerprint density at radius 2 is 1.62 bits per heavy atom. The van der Waals surface area contributed by atoms with Gasteiger partial charge in [-0.15, -0.1) is 0 Å². The Balaban J connectivity index is 2.06. The Kier molecular flexibility index (Phi) is 9.34. The average Bonchev–Trinajstić information content (AvgIpc) is 2.87. The first-order chi connectivity index (χ1) is 17.5. The van der Waals surface area contributed by atoms with E-state index in [9.17, 15) is 18.0 Å². The molecule has 0 aliphatic carbocycles. The van der Waals surface area contributed by atoms with Gasteiger partial charge in [0.1, 0.15) is 12.6 Å². The summed E-state index contributed by atoms with van der Waals surface area (Å²) in [7, 11) is -4.14. The van der Waals surface area contributed by atoms with Crippen molar-refractivity contribution >= 4 is 39.1 Å². The number of anilines is 1. The molecule has 9 heteroatoms. The molecule has 1 N–H and O–H groups in total. The summed E-state index contributed by atoms with van der Waals surface area (Å²) in [5.41, 5.74) is 2.66. The van der Waals surface area contributed by atoms with E-state index in [2.05, 4.69) is 5.32 Å². The summed E-state index contributed by atoms with van der Waals surface area (Å²) in [6, 6.07) is 19.8. The Bertz CT molecular complexity index is 1350. The quantitative estimate of drug-likeness (QED) is 0.403. The lowest BCUT2D eigenvalue weighted by Gasteiger charge is -2.32. The first kappa shape index (κ1) is 28.2. The smallest absolute Gasteiger partial charge is 0.264 e. The fourth-order valence-corrected chi connectivity index (χ4v) is 5.52. The Hall–Kier alpha value is -3.36. The van der Waals surface area contributed by atoms with Crippen molar-refractivity contribution in [3.05, 3.63) is 94.5 Å². The molecule has 1 atom stereocenters. The van der Waals surface area contributed by atoms with E-state index in [1.54, 1.807) is 45.0 Å². The number of rotatable bonds is 10. The van der Waals surface area contributed by atoms with Crippen LogP contribution in [0.15, 0.2) is 77.7 Å². The van der Waals surface area contributed by atoms with E-state index in [4.69, 9.17) is 11.6 Å². The van der Waals surface area contributed by atoms with Gasteiger partial charge in [-0.2, -0.15) is 0 Å². The number of aryl methyl sites for hydroxylation is 2. The minimum atomic E-state index is -4.14. The third kappa shape index (κ3) is 6.90. The number of nitrogens with zero attached hydrogens (tertiary/aromatic N) is 2. The number of amides is 2. The van der Waals surface area contributed by atoms with Crippen molar-refractivity contribution in [2.45, 2.75) is 45.2 Å². The molecule has 0 unspecified atom stereocenters. The van der Waals surface area contributed by atoms with Crippen LogP contribution in [-0.2, 0) is 26.2 Å². The molecule has 0 bridgehead atoms. The minimum Gasteiger partial charge on any atom is -0.355 e. The van der Waals surface area contributed by atoms with Crippen LogP contribution >= 0.6 is 11.6 Å². The zero-order chi connectivity index (χ0) is 27.2. The number of sulfonamides is 1. The topological polar surface area (TPSA) is 86.8 Å². The van der Waals surface area contributed by atoms with E-state index in [0.717, 1.165) is 15.4 Å². The fraction of sp³-hybridized carbons (Fsp3) is 0.286. The van der Waals surface area contributed by atoms with Crippen molar-refractivity contribution in [3.63, 3.8) is 0 Å². The monoisotopic (exact) mass is 541 g/mol. The largest absolute Gasteiger partial charge is 0.355 e. The first-order valence-electron chi connectivity index (χ1n) is 12.0. The molecule has 3 rings (SSSR count). The summed E-state index contributed by atoms with van der Waals surface area (Å²) in [4.78, 5) is 28.0. The highest BCUT2D eigenvalue weighted by molar-refractivity contribution is 7.92. The van der Waals surface area contributed by atoms with Crippen LogP contribution in [0.25, 0.3) is 0 Å². The van der Waals surface area contributed by atoms with Gasteiger partial charge in [0, 0.05) is 18.1 Å². The molecule has 0 aliphatic rings. The first-order valence-corrected chi connectivity index (χ1v) is 13.8. The maximum absolute atomic E-state index is 13.9. The molecular weight excluding hydrogens is 510 g/mol. The predicted molar refractivity (Wildman–Crippen MR) is 147 cm³/mol. The SMILES string of the molecule is CCNC(=O)[C@@H](C)N(Cc1ccccc1)C(=O)CN(c1cc(Cl)ccc1C)S(=O)(=O)c1ccc(C)cc1. The second-order valence-corrected chi connectivity index (χ2v) is 11.1. The van der Waals surface area contributed by atoms with Crippen molar-refractivity contribution in [2.75, 3.05) is 17.4 Å². The van der Waals surface area contributed by atoms with Gasteiger partial charge in [0.05, 0.1) is 10.6 Å². The molecule has 2 amide bonds. The van der Waals surface area contributed by atoms with Gasteiger partial charge in [-0.1, -0.05) is 65.7 Å². The molecule has 0 aliphatic heterocycles. The highest BCUT2D eigenvalue weighted by Gasteiger charge is 2.33. The van der Waals surface area contributed by atoms with Crippen LogP contribution in [0.2, 0.25) is 5.02 Å². The van der Waals surface area contributed by atoms with Gasteiger partial charge in [-0.25, -0.2) is 8.42 Å². The maximum Gasteiger partial charge on any atom is 0.264 e. The number of carbonyl (C=O) groups excluding carboxylic acids is 2. The highest BCUT2D eigenvalue weighted by Crippen LogP contribution is 2.30. The number of hydrogen-bond acceptors (Lipinski definition) is 4. The highest BCUT2D eigenvalue weighted by atomic mass is 35.5. The lowest BCUT2D eigenvalue weighted by atomic mass is 10.1. The standard InChI is InChI=1S/C28H32ClN3O4S/c1-5-30-28(34)22(4)31(18-23-9-7-6-8-10-23)27(33)19-32(26-17-24(29)14-13-21(26)3)37(35,36)25-15-11-20(2)12-16-25/h6-17,22H,5,18-19H2,1-4H3,(H,30,34)/t22-/m1/s1. The normalized spacial score (nSPS) is 12.0. The maximum atomic E-state index is 13.9. The molecule has 0 spiro atoms. The molecule has 0 aromatic heterocycles. The molecule has 196 valence electrons. The van der Waals surface area contributed by atoms with Crippen LogP contribution in [0.3, 0.4) is 0 Å². The number of nitrogens with one attached hydrogen (secondary N) is 1. The second-order valence-electron chi connectivity index (χ2n) is 8.83. The van der Waals surface area contributed by atoms with E-state index in [-0.39, 0.29) is 17.3 Å². The van der Waals surface area contributed by atoms with Crippen LogP contribution in [0, 0.1) is 13.8 Å². The van der Waals surface area contributed by atoms with Gasteiger partial charge in [-0.3, -0.25) is 13.9 Å². The van der Waals surface area contributed by atoms with Gasteiger partial charge in [0.15, 0.2) is 0 Å². The lowest BCUT2D eigenvalue weighted by Crippen LogP contribution is -2.51. The minimum absolute atomic E-state index is 0.0525. The van der Waals surface area contributed by atoms with Crippen molar-refractivity contribution in [1.82, 2.24) is 10.2 Å². The molecular formula is C28H32ClN3O4S. The van der Waals surface area contributed by atoms with E-state index < -0.39 is 28.5 Å². The number of likely N-dealkylation sites (N-methyl/N-ethyl adjacent to an activating group) is 1. The fourth-order valence-electron chi connectivity index (χ4n) is 3.89. The van der Waals surface area contributed by atoms with Crippen molar-refractivity contribution < 1.29 is 18.0 Å². The second kappa shape index (κ2) is 12.3. The van der Waals surface area contributed by atoms with Crippen LogP contribution in [-0.4, -0.2) is 44.3 Å². The average molecular weight is 542 g/mol. The van der Waals surface area contributed by atoms with Crippen molar-refractivity contribution in [2.24, 2.45) is 0 Å². The van der Waals surface area contributed by atoms with Gasteiger partial charge in [-0.05, 0) is 63.1 Å². The van der Waals surface area contributed by atoms with Crippen molar-refractivity contribution in [3.8, 4) is 0 Å². The molecule has 3 aromatic rings. The third-order valence-corrected chi connectivity index (χ3v) is 8.05. The molecule has 37 heavy (non-hydrogen) atoms. The van der Waals surface area contributed by atoms with E-state index in [1.165, 1.54) is 23.1 Å². The van der Waals surface area contributed by atoms with Crippen LogP contribution < -0.4 is 9.62 Å². The van der Waals surface area contributed by atoms with Crippen LogP contribution in [0.5, 0.6) is 0 Å². The number of benzene rings is 3. The van der Waals surface area contributed by atoms with E-state index in [0.29, 0.717) is 22.8 Å². The van der Waals surface area contributed by atoms with Gasteiger partial charge < -0.3 is 10.2 Å². The molecule has 0 fully saturated rings. The number of carbonyl (C=O) groups is 2. The van der Waals surface area contributed by atoms with E-state index >= 15 is 0 Å². The predicted octanol–water partition coefficient (Wildman–Crippen LogP) is 4.71. The zero-order valence-electron chi connectivity index (χ0n) is 21.4. The molecule has 3 aromatic carbocycles. The van der Waals surface area contributed by atoms with Gasteiger partial charge in [0.25, 0.3) is 10.0 Å². The van der Waals surface area contributed by atoms with Gasteiger partial charge >= 0.3 is 0 Å². The summed E-state index contributed by atoms with van der Waals surface area (Å²) >= 11 is 6.24. The number of halogens is 1. The molecule has 0 saturated carbocycles. The Morgan fingerprint density at radius 1 is 0.973 bits per heavy atom. The van der Waals surface area contributed by atoms with Crippen LogP contribution in [0.1, 0.15) is 30.5 Å². The number of hydrogen-bond donors (Lipinski definition) is 1. The van der Waals surface area contributed by atoms with E-state index in [1.807, 2.05) is 37.3 Å². The van der Waals surface area contributed by atoms with Gasteiger partial charge in [0.2, 0.25) is 11.8 Å². The summed E-state index contributed by atoms with van der Waals surface area (Å²) in [5, 5.41) is 3.09. The summed E-state index contributed by atoms with van der Waals surface area (Å²) < 4.78 is 28.8. The molecule has 0 saturated heterocycles. The molecule has 7 nitrogen and oxygen atoms in total. The lowest BCUT2D eigenvalue weighted by molar-refractivity contribution is -0.139. The summed E-state index contributed by atoms with van der Waals surface area (Å²) in [6.45, 7) is 7.10. The van der Waals surface area contributed by atoms with Crippen molar-refractivity contribution in [1.29, 1.82) is 0 Å². The molecule has 0 heterocycles. The Morgan fingerprint density at radius 3 is 2.24 bits per heavy atom. The summed E-state index contributed by atoms with van der Waals surface area (Å²) in [6.07, 6.45) is 0. The zero-order valence-corrected chi connectivity index (χ0v) is 23.0. The van der Waals surface area contributed by atoms with Crippen LogP contribution in [0.4, 0.5) is 5.69 Å².